The normalized spacial score (nSPS) is 16.7. The van der Waals surface area contributed by atoms with Crippen LogP contribution in [0.2, 0.25) is 0 Å². The van der Waals surface area contributed by atoms with Crippen molar-refractivity contribution in [3.8, 4) is 5.75 Å². The summed E-state index contributed by atoms with van der Waals surface area (Å²) in [6, 6.07) is 22.3. The van der Waals surface area contributed by atoms with Gasteiger partial charge in [-0.1, -0.05) is 48.5 Å². The van der Waals surface area contributed by atoms with Gasteiger partial charge in [-0.15, -0.1) is 36.6 Å². The second kappa shape index (κ2) is 14.9. The number of thioether (sulfide) groups is 1. The highest BCUT2D eigenvalue weighted by Crippen LogP contribution is 2.32. The molecule has 2 heterocycles. The standard InChI is InChI=1S/C26H29N3O2S.2ClH/c30-25(24-19-32-26(29-24)22-10-6-15-27-18-22)28-17-21-11-13-23(14-12-21)31-16-5-4-9-20-7-2-1-3-8-20;;/h1-3,6-8,10-15,18,24,26,29H,4-5,9,16-17,19H2,(H,28,30);2*1H. The largest absolute Gasteiger partial charge is 0.494 e. The maximum Gasteiger partial charge on any atom is 0.238 e. The summed E-state index contributed by atoms with van der Waals surface area (Å²) in [4.78, 5) is 16.7. The molecule has 2 atom stereocenters. The molecule has 2 unspecified atom stereocenters. The van der Waals surface area contributed by atoms with Crippen molar-refractivity contribution in [2.24, 2.45) is 0 Å². The van der Waals surface area contributed by atoms with Crippen LogP contribution in [0.25, 0.3) is 0 Å². The molecule has 1 fully saturated rings. The lowest BCUT2D eigenvalue weighted by molar-refractivity contribution is -0.122. The van der Waals surface area contributed by atoms with E-state index in [1.165, 1.54) is 5.56 Å². The molecule has 0 spiro atoms. The van der Waals surface area contributed by atoms with Crippen molar-refractivity contribution in [1.29, 1.82) is 0 Å². The molecule has 1 amide bonds. The Morgan fingerprint density at radius 3 is 2.53 bits per heavy atom. The molecule has 5 nitrogen and oxygen atoms in total. The molecule has 0 aliphatic carbocycles. The van der Waals surface area contributed by atoms with E-state index in [2.05, 4.69) is 39.9 Å². The van der Waals surface area contributed by atoms with Gasteiger partial charge >= 0.3 is 0 Å². The summed E-state index contributed by atoms with van der Waals surface area (Å²) in [7, 11) is 0. The molecule has 0 radical (unpaired) electrons. The Morgan fingerprint density at radius 2 is 1.79 bits per heavy atom. The van der Waals surface area contributed by atoms with Crippen LogP contribution in [0.1, 0.15) is 34.9 Å². The Morgan fingerprint density at radius 1 is 1.00 bits per heavy atom. The first-order chi connectivity index (χ1) is 15.8. The number of pyridine rings is 1. The number of hydrogen-bond donors (Lipinski definition) is 2. The predicted molar refractivity (Wildman–Crippen MR) is 144 cm³/mol. The van der Waals surface area contributed by atoms with Gasteiger partial charge in [-0.2, -0.15) is 0 Å². The number of unbranched alkanes of at least 4 members (excludes halogenated alkanes) is 1. The number of carbonyl (C=O) groups excluding carboxylic acids is 1. The smallest absolute Gasteiger partial charge is 0.238 e. The number of aromatic nitrogens is 1. The third kappa shape index (κ3) is 8.51. The van der Waals surface area contributed by atoms with Crippen molar-refractivity contribution in [2.45, 2.75) is 37.2 Å². The third-order valence-electron chi connectivity index (χ3n) is 5.45. The van der Waals surface area contributed by atoms with E-state index in [0.29, 0.717) is 13.2 Å². The Balaban J connectivity index is 0.00000204. The number of nitrogens with one attached hydrogen (secondary N) is 2. The van der Waals surface area contributed by atoms with Crippen LogP contribution in [0.3, 0.4) is 0 Å². The summed E-state index contributed by atoms with van der Waals surface area (Å²) in [5.74, 6) is 1.65. The Hall–Kier alpha value is -2.25. The van der Waals surface area contributed by atoms with E-state index >= 15 is 0 Å². The molecule has 3 aromatic rings. The van der Waals surface area contributed by atoms with Gasteiger partial charge in [-0.05, 0) is 54.2 Å². The maximum atomic E-state index is 12.5. The molecule has 2 aromatic carbocycles. The van der Waals surface area contributed by atoms with Crippen molar-refractivity contribution in [1.82, 2.24) is 15.6 Å². The molecule has 0 saturated carbocycles. The molecule has 1 aliphatic rings. The Kier molecular flexibility index (Phi) is 12.3. The summed E-state index contributed by atoms with van der Waals surface area (Å²) in [5.41, 5.74) is 3.53. The first-order valence-corrected chi connectivity index (χ1v) is 12.1. The van der Waals surface area contributed by atoms with Gasteiger partial charge in [-0.25, -0.2) is 0 Å². The molecule has 1 saturated heterocycles. The average molecular weight is 521 g/mol. The first kappa shape index (κ1) is 28.0. The van der Waals surface area contributed by atoms with E-state index in [1.54, 1.807) is 18.0 Å². The highest BCUT2D eigenvalue weighted by atomic mass is 35.5. The first-order valence-electron chi connectivity index (χ1n) is 11.1. The van der Waals surface area contributed by atoms with Crippen LogP contribution in [-0.2, 0) is 17.8 Å². The molecule has 1 aromatic heterocycles. The molecule has 2 N–H and O–H groups in total. The van der Waals surface area contributed by atoms with Gasteiger partial charge in [0.15, 0.2) is 0 Å². The van der Waals surface area contributed by atoms with E-state index in [4.69, 9.17) is 4.74 Å². The minimum absolute atomic E-state index is 0. The molecule has 8 heteroatoms. The third-order valence-corrected chi connectivity index (χ3v) is 6.71. The quantitative estimate of drug-likeness (QED) is 0.353. The summed E-state index contributed by atoms with van der Waals surface area (Å²) >= 11 is 1.74. The second-order valence-corrected chi connectivity index (χ2v) is 9.01. The van der Waals surface area contributed by atoms with Crippen molar-refractivity contribution in [3.05, 3.63) is 95.8 Å². The van der Waals surface area contributed by atoms with E-state index in [9.17, 15) is 4.79 Å². The van der Waals surface area contributed by atoms with Crippen molar-refractivity contribution in [2.75, 3.05) is 12.4 Å². The van der Waals surface area contributed by atoms with Gasteiger partial charge in [0.05, 0.1) is 18.0 Å². The van der Waals surface area contributed by atoms with Gasteiger partial charge in [0.25, 0.3) is 0 Å². The van der Waals surface area contributed by atoms with Gasteiger partial charge in [0.2, 0.25) is 5.91 Å². The van der Waals surface area contributed by atoms with E-state index < -0.39 is 0 Å². The highest BCUT2D eigenvalue weighted by molar-refractivity contribution is 7.99. The summed E-state index contributed by atoms with van der Waals surface area (Å²) in [6.45, 7) is 1.22. The van der Waals surface area contributed by atoms with Crippen molar-refractivity contribution < 1.29 is 9.53 Å². The number of hydrogen-bond acceptors (Lipinski definition) is 5. The van der Waals surface area contributed by atoms with E-state index in [-0.39, 0.29) is 42.1 Å². The van der Waals surface area contributed by atoms with Crippen LogP contribution in [0.5, 0.6) is 5.75 Å². The number of rotatable bonds is 10. The van der Waals surface area contributed by atoms with Crippen LogP contribution < -0.4 is 15.4 Å². The number of aryl methyl sites for hydroxylation is 1. The van der Waals surface area contributed by atoms with Gasteiger partial charge < -0.3 is 10.1 Å². The number of benzene rings is 2. The fourth-order valence-corrected chi connectivity index (χ4v) is 4.85. The maximum absolute atomic E-state index is 12.5. The number of amides is 1. The lowest BCUT2D eigenvalue weighted by Gasteiger charge is -2.14. The van der Waals surface area contributed by atoms with Crippen LogP contribution in [0.15, 0.2) is 79.1 Å². The van der Waals surface area contributed by atoms with Crippen LogP contribution in [-0.4, -0.2) is 29.3 Å². The summed E-state index contributed by atoms with van der Waals surface area (Å²) in [6.07, 6.45) is 6.83. The highest BCUT2D eigenvalue weighted by Gasteiger charge is 2.30. The average Bonchev–Trinajstić information content (AvgIpc) is 3.35. The number of halogens is 2. The minimum Gasteiger partial charge on any atom is -0.494 e. The van der Waals surface area contributed by atoms with Crippen LogP contribution >= 0.6 is 36.6 Å². The second-order valence-electron chi connectivity index (χ2n) is 7.87. The lowest BCUT2D eigenvalue weighted by Crippen LogP contribution is -2.42. The molecular weight excluding hydrogens is 489 g/mol. The van der Waals surface area contributed by atoms with Crippen LogP contribution in [0.4, 0.5) is 0 Å². The summed E-state index contributed by atoms with van der Waals surface area (Å²) < 4.78 is 5.85. The zero-order chi connectivity index (χ0) is 22.0. The van der Waals surface area contributed by atoms with Crippen molar-refractivity contribution in [3.63, 3.8) is 0 Å². The molecule has 1 aliphatic heterocycles. The number of carbonyl (C=O) groups is 1. The van der Waals surface area contributed by atoms with E-state index in [1.807, 2.05) is 48.7 Å². The lowest BCUT2D eigenvalue weighted by atomic mass is 10.1. The fraction of sp³-hybridized carbons (Fsp3) is 0.308. The molecule has 182 valence electrons. The molecule has 0 bridgehead atoms. The SMILES string of the molecule is Cl.Cl.O=C(NCc1ccc(OCCCCc2ccccc2)cc1)C1CSC(c2cccnc2)N1. The Labute approximate surface area is 218 Å². The topological polar surface area (TPSA) is 63.2 Å². The van der Waals surface area contributed by atoms with Crippen LogP contribution in [0, 0.1) is 0 Å². The van der Waals surface area contributed by atoms with Crippen molar-refractivity contribution >= 4 is 42.5 Å². The summed E-state index contributed by atoms with van der Waals surface area (Å²) in [5, 5.41) is 6.54. The predicted octanol–water partition coefficient (Wildman–Crippen LogP) is 5.35. The number of nitrogens with zero attached hydrogens (tertiary/aromatic N) is 1. The number of ether oxygens (including phenoxy) is 1. The molecular formula is C26H31Cl2N3O2S. The van der Waals surface area contributed by atoms with Gasteiger partial charge in [-0.3, -0.25) is 15.1 Å². The monoisotopic (exact) mass is 519 g/mol. The van der Waals surface area contributed by atoms with E-state index in [0.717, 1.165) is 41.9 Å². The molecule has 34 heavy (non-hydrogen) atoms. The van der Waals surface area contributed by atoms with Gasteiger partial charge in [0, 0.05) is 24.7 Å². The zero-order valence-electron chi connectivity index (χ0n) is 18.9. The fourth-order valence-electron chi connectivity index (χ4n) is 3.63. The minimum atomic E-state index is -0.191. The van der Waals surface area contributed by atoms with Gasteiger partial charge in [0.1, 0.15) is 5.75 Å². The molecule has 4 rings (SSSR count). The zero-order valence-corrected chi connectivity index (χ0v) is 21.3. The Bertz CT molecular complexity index is 978.